The van der Waals surface area contributed by atoms with Crippen LogP contribution in [0.15, 0.2) is 12.1 Å². The summed E-state index contributed by atoms with van der Waals surface area (Å²) in [5, 5.41) is 3.41. The number of rotatable bonds is 7. The van der Waals surface area contributed by atoms with E-state index < -0.39 is 0 Å². The molecule has 0 aliphatic heterocycles. The van der Waals surface area contributed by atoms with Crippen LogP contribution in [-0.2, 0) is 12.0 Å². The summed E-state index contributed by atoms with van der Waals surface area (Å²) >= 11 is 0. The molecule has 0 fully saturated rings. The van der Waals surface area contributed by atoms with Gasteiger partial charge >= 0.3 is 0 Å². The third-order valence-corrected chi connectivity index (χ3v) is 3.46. The van der Waals surface area contributed by atoms with Gasteiger partial charge in [-0.1, -0.05) is 41.0 Å². The Labute approximate surface area is 124 Å². The first-order valence-corrected chi connectivity index (χ1v) is 7.81. The fourth-order valence-corrected chi connectivity index (χ4v) is 2.03. The van der Waals surface area contributed by atoms with Crippen molar-refractivity contribution in [2.75, 3.05) is 25.0 Å². The summed E-state index contributed by atoms with van der Waals surface area (Å²) in [6.07, 6.45) is 2.42. The van der Waals surface area contributed by atoms with Gasteiger partial charge in [-0.05, 0) is 30.7 Å². The lowest BCUT2D eigenvalue weighted by Crippen LogP contribution is -2.23. The standard InChI is InChI=1S/C17H31N3/c1-7-9-10-20(6)16-12-14(13-18-8-2)11-15(19-16)17(3,4)5/h11-12,18H,7-10,13H2,1-6H3. The van der Waals surface area contributed by atoms with Gasteiger partial charge in [0.25, 0.3) is 0 Å². The van der Waals surface area contributed by atoms with Crippen LogP contribution in [0.4, 0.5) is 5.82 Å². The lowest BCUT2D eigenvalue weighted by atomic mass is 9.90. The van der Waals surface area contributed by atoms with E-state index in [1.165, 1.54) is 24.1 Å². The summed E-state index contributed by atoms with van der Waals surface area (Å²) in [7, 11) is 2.14. The summed E-state index contributed by atoms with van der Waals surface area (Å²) in [5.74, 6) is 1.10. The van der Waals surface area contributed by atoms with E-state index in [0.717, 1.165) is 25.5 Å². The zero-order valence-electron chi connectivity index (χ0n) is 14.1. The van der Waals surface area contributed by atoms with E-state index in [1.54, 1.807) is 0 Å². The van der Waals surface area contributed by atoms with Crippen LogP contribution >= 0.6 is 0 Å². The van der Waals surface area contributed by atoms with Gasteiger partial charge in [-0.2, -0.15) is 0 Å². The first-order chi connectivity index (χ1) is 9.38. The Kier molecular flexibility index (Phi) is 6.47. The second-order valence-corrected chi connectivity index (χ2v) is 6.52. The Morgan fingerprint density at radius 2 is 1.90 bits per heavy atom. The van der Waals surface area contributed by atoms with Gasteiger partial charge in [-0.3, -0.25) is 0 Å². The van der Waals surface area contributed by atoms with Crippen molar-refractivity contribution >= 4 is 5.82 Å². The van der Waals surface area contributed by atoms with Crippen molar-refractivity contribution in [2.45, 2.75) is 59.4 Å². The monoisotopic (exact) mass is 277 g/mol. The fraction of sp³-hybridized carbons (Fsp3) is 0.706. The molecule has 0 spiro atoms. The molecule has 1 N–H and O–H groups in total. The van der Waals surface area contributed by atoms with Crippen LogP contribution in [0.1, 0.15) is 58.7 Å². The molecule has 0 bridgehead atoms. The smallest absolute Gasteiger partial charge is 0.128 e. The number of hydrogen-bond acceptors (Lipinski definition) is 3. The van der Waals surface area contributed by atoms with E-state index in [4.69, 9.17) is 4.98 Å². The van der Waals surface area contributed by atoms with E-state index in [9.17, 15) is 0 Å². The van der Waals surface area contributed by atoms with Crippen molar-refractivity contribution in [3.05, 3.63) is 23.4 Å². The highest BCUT2D eigenvalue weighted by atomic mass is 15.2. The van der Waals surface area contributed by atoms with Gasteiger partial charge in [-0.25, -0.2) is 4.98 Å². The minimum absolute atomic E-state index is 0.0859. The van der Waals surface area contributed by atoms with Gasteiger partial charge in [0.05, 0.1) is 0 Å². The average Bonchev–Trinajstić information content (AvgIpc) is 2.41. The van der Waals surface area contributed by atoms with Crippen LogP contribution in [0.25, 0.3) is 0 Å². The SMILES string of the molecule is CCCCN(C)c1cc(CNCC)cc(C(C)(C)C)n1. The fourth-order valence-electron chi connectivity index (χ4n) is 2.03. The maximum absolute atomic E-state index is 4.86. The molecule has 0 saturated heterocycles. The first-order valence-electron chi connectivity index (χ1n) is 7.81. The van der Waals surface area contributed by atoms with Crippen molar-refractivity contribution in [1.29, 1.82) is 0 Å². The molecule has 0 aliphatic rings. The van der Waals surface area contributed by atoms with E-state index in [1.807, 2.05) is 0 Å². The highest BCUT2D eigenvalue weighted by Crippen LogP contribution is 2.24. The first kappa shape index (κ1) is 17.0. The molecular formula is C17H31N3. The van der Waals surface area contributed by atoms with Crippen molar-refractivity contribution < 1.29 is 0 Å². The molecule has 20 heavy (non-hydrogen) atoms. The predicted octanol–water partition coefficient (Wildman–Crippen LogP) is 3.72. The number of nitrogens with one attached hydrogen (secondary N) is 1. The van der Waals surface area contributed by atoms with Crippen molar-refractivity contribution in [3.8, 4) is 0 Å². The van der Waals surface area contributed by atoms with E-state index in [0.29, 0.717) is 0 Å². The summed E-state index contributed by atoms with van der Waals surface area (Å²) in [6.45, 7) is 14.0. The number of hydrogen-bond donors (Lipinski definition) is 1. The van der Waals surface area contributed by atoms with Crippen LogP contribution in [0.3, 0.4) is 0 Å². The Balaban J connectivity index is 3.02. The molecule has 1 aromatic rings. The van der Waals surface area contributed by atoms with Crippen molar-refractivity contribution in [1.82, 2.24) is 10.3 Å². The third kappa shape index (κ3) is 5.12. The maximum atomic E-state index is 4.86. The summed E-state index contributed by atoms with van der Waals surface area (Å²) in [5.41, 5.74) is 2.58. The van der Waals surface area contributed by atoms with Crippen LogP contribution < -0.4 is 10.2 Å². The van der Waals surface area contributed by atoms with Crippen molar-refractivity contribution in [3.63, 3.8) is 0 Å². The molecule has 1 aromatic heterocycles. The molecule has 0 aliphatic carbocycles. The largest absolute Gasteiger partial charge is 0.360 e. The maximum Gasteiger partial charge on any atom is 0.128 e. The van der Waals surface area contributed by atoms with Crippen LogP contribution in [0, 0.1) is 0 Å². The van der Waals surface area contributed by atoms with E-state index in [2.05, 4.69) is 64.0 Å². The number of aromatic nitrogens is 1. The molecule has 1 heterocycles. The molecule has 0 unspecified atom stereocenters. The van der Waals surface area contributed by atoms with Crippen molar-refractivity contribution in [2.24, 2.45) is 0 Å². The molecule has 114 valence electrons. The highest BCUT2D eigenvalue weighted by molar-refractivity contribution is 5.43. The minimum atomic E-state index is 0.0859. The van der Waals surface area contributed by atoms with Crippen LogP contribution in [-0.4, -0.2) is 25.1 Å². The lowest BCUT2D eigenvalue weighted by Gasteiger charge is -2.24. The number of pyridine rings is 1. The van der Waals surface area contributed by atoms with Gasteiger partial charge in [0.2, 0.25) is 0 Å². The minimum Gasteiger partial charge on any atom is -0.360 e. The highest BCUT2D eigenvalue weighted by Gasteiger charge is 2.18. The van der Waals surface area contributed by atoms with Gasteiger partial charge in [0, 0.05) is 31.2 Å². The number of unbranched alkanes of at least 4 members (excludes halogenated alkanes) is 1. The molecule has 3 heteroatoms. The van der Waals surface area contributed by atoms with Crippen LogP contribution in [0.5, 0.6) is 0 Å². The Hall–Kier alpha value is -1.09. The zero-order valence-corrected chi connectivity index (χ0v) is 14.1. The molecule has 0 radical (unpaired) electrons. The predicted molar refractivity (Wildman–Crippen MR) is 88.5 cm³/mol. The topological polar surface area (TPSA) is 28.2 Å². The molecule has 0 aromatic carbocycles. The molecule has 0 saturated carbocycles. The van der Waals surface area contributed by atoms with Gasteiger partial charge in [-0.15, -0.1) is 0 Å². The average molecular weight is 277 g/mol. The Morgan fingerprint density at radius 3 is 2.45 bits per heavy atom. The quantitative estimate of drug-likeness (QED) is 0.823. The Morgan fingerprint density at radius 1 is 1.20 bits per heavy atom. The second-order valence-electron chi connectivity index (χ2n) is 6.52. The normalized spacial score (nSPS) is 11.7. The van der Waals surface area contributed by atoms with Gasteiger partial charge < -0.3 is 10.2 Å². The third-order valence-electron chi connectivity index (χ3n) is 3.46. The lowest BCUT2D eigenvalue weighted by molar-refractivity contribution is 0.565. The zero-order chi connectivity index (χ0) is 15.2. The number of nitrogens with zero attached hydrogens (tertiary/aromatic N) is 2. The summed E-state index contributed by atoms with van der Waals surface area (Å²) in [6, 6.07) is 4.45. The molecular weight excluding hydrogens is 246 g/mol. The molecule has 1 rings (SSSR count). The van der Waals surface area contributed by atoms with Gasteiger partial charge in [0.15, 0.2) is 0 Å². The Bertz CT molecular complexity index is 407. The van der Waals surface area contributed by atoms with E-state index >= 15 is 0 Å². The van der Waals surface area contributed by atoms with E-state index in [-0.39, 0.29) is 5.41 Å². The molecule has 0 amide bonds. The van der Waals surface area contributed by atoms with Gasteiger partial charge in [0.1, 0.15) is 5.82 Å². The summed E-state index contributed by atoms with van der Waals surface area (Å²) < 4.78 is 0. The number of anilines is 1. The second kappa shape index (κ2) is 7.63. The molecule has 0 atom stereocenters. The summed E-state index contributed by atoms with van der Waals surface area (Å²) in [4.78, 5) is 7.14. The molecule has 3 nitrogen and oxygen atoms in total. The van der Waals surface area contributed by atoms with Crippen LogP contribution in [0.2, 0.25) is 0 Å².